The first-order chi connectivity index (χ1) is 8.58. The second-order valence-electron chi connectivity index (χ2n) is 4.16. The molecule has 0 unspecified atom stereocenters. The van der Waals surface area contributed by atoms with Gasteiger partial charge < -0.3 is 9.47 Å². The molecule has 0 aromatic heterocycles. The third-order valence-electron chi connectivity index (χ3n) is 2.85. The molecule has 1 heterocycles. The van der Waals surface area contributed by atoms with Crippen LogP contribution in [0.1, 0.15) is 25.0 Å². The lowest BCUT2D eigenvalue weighted by Crippen LogP contribution is -1.98. The summed E-state index contributed by atoms with van der Waals surface area (Å²) in [4.78, 5) is 22.0. The Morgan fingerprint density at radius 2 is 2.00 bits per heavy atom. The topological polar surface area (TPSA) is 52.6 Å². The SMILES string of the molecule is CC(=O)OCc1ccc(C2=C(C)C(=O)OC2)cc1. The van der Waals surface area contributed by atoms with Gasteiger partial charge in [-0.05, 0) is 18.1 Å². The van der Waals surface area contributed by atoms with Gasteiger partial charge in [-0.25, -0.2) is 4.79 Å². The van der Waals surface area contributed by atoms with E-state index >= 15 is 0 Å². The molecule has 1 aromatic rings. The first kappa shape index (κ1) is 12.4. The van der Waals surface area contributed by atoms with E-state index in [1.165, 1.54) is 6.92 Å². The van der Waals surface area contributed by atoms with Crippen molar-refractivity contribution in [1.82, 2.24) is 0 Å². The number of carbonyl (C=O) groups excluding carboxylic acids is 2. The molecule has 1 aliphatic rings. The highest BCUT2D eigenvalue weighted by Crippen LogP contribution is 2.25. The van der Waals surface area contributed by atoms with Gasteiger partial charge >= 0.3 is 11.9 Å². The van der Waals surface area contributed by atoms with Crippen molar-refractivity contribution in [2.45, 2.75) is 20.5 Å². The van der Waals surface area contributed by atoms with Gasteiger partial charge in [-0.3, -0.25) is 4.79 Å². The highest BCUT2D eigenvalue weighted by molar-refractivity contribution is 6.01. The fraction of sp³-hybridized carbons (Fsp3) is 0.286. The molecule has 1 aliphatic heterocycles. The second-order valence-corrected chi connectivity index (χ2v) is 4.16. The van der Waals surface area contributed by atoms with Crippen molar-refractivity contribution in [3.8, 4) is 0 Å². The molecule has 18 heavy (non-hydrogen) atoms. The third-order valence-corrected chi connectivity index (χ3v) is 2.85. The number of cyclic esters (lactones) is 1. The van der Waals surface area contributed by atoms with Crippen LogP contribution in [0.15, 0.2) is 29.8 Å². The van der Waals surface area contributed by atoms with Crippen molar-refractivity contribution in [3.05, 3.63) is 41.0 Å². The summed E-state index contributed by atoms with van der Waals surface area (Å²) in [6, 6.07) is 7.56. The molecule has 0 atom stereocenters. The van der Waals surface area contributed by atoms with Crippen molar-refractivity contribution in [2.24, 2.45) is 0 Å². The maximum absolute atomic E-state index is 11.3. The zero-order valence-corrected chi connectivity index (χ0v) is 10.4. The second kappa shape index (κ2) is 5.04. The minimum absolute atomic E-state index is 0.256. The Morgan fingerprint density at radius 1 is 1.33 bits per heavy atom. The zero-order valence-electron chi connectivity index (χ0n) is 10.4. The van der Waals surface area contributed by atoms with Gasteiger partial charge in [0, 0.05) is 18.1 Å². The molecular weight excluding hydrogens is 232 g/mol. The van der Waals surface area contributed by atoms with E-state index in [1.807, 2.05) is 24.3 Å². The summed E-state index contributed by atoms with van der Waals surface area (Å²) in [7, 11) is 0. The molecule has 4 heteroatoms. The number of carbonyl (C=O) groups is 2. The molecule has 0 amide bonds. The Morgan fingerprint density at radius 3 is 2.50 bits per heavy atom. The largest absolute Gasteiger partial charge is 0.461 e. The number of benzene rings is 1. The molecule has 4 nitrogen and oxygen atoms in total. The summed E-state index contributed by atoms with van der Waals surface area (Å²) in [6.07, 6.45) is 0. The van der Waals surface area contributed by atoms with Crippen molar-refractivity contribution >= 4 is 17.5 Å². The maximum atomic E-state index is 11.3. The van der Waals surface area contributed by atoms with Crippen LogP contribution in [0.4, 0.5) is 0 Å². The van der Waals surface area contributed by atoms with Gasteiger partial charge in [-0.2, -0.15) is 0 Å². The molecule has 0 saturated carbocycles. The molecule has 94 valence electrons. The Kier molecular flexibility index (Phi) is 3.46. The molecule has 2 rings (SSSR count). The van der Waals surface area contributed by atoms with Crippen LogP contribution < -0.4 is 0 Å². The fourth-order valence-electron chi connectivity index (χ4n) is 1.76. The van der Waals surface area contributed by atoms with Gasteiger partial charge in [-0.15, -0.1) is 0 Å². The lowest BCUT2D eigenvalue weighted by atomic mass is 10.0. The van der Waals surface area contributed by atoms with Crippen LogP contribution >= 0.6 is 0 Å². The Balaban J connectivity index is 2.13. The van der Waals surface area contributed by atoms with Gasteiger partial charge in [0.15, 0.2) is 0 Å². The van der Waals surface area contributed by atoms with Crippen molar-refractivity contribution in [1.29, 1.82) is 0 Å². The minimum atomic E-state index is -0.299. The van der Waals surface area contributed by atoms with Gasteiger partial charge in [0.25, 0.3) is 0 Å². The average Bonchev–Trinajstić information content (AvgIpc) is 2.68. The number of hydrogen-bond acceptors (Lipinski definition) is 4. The van der Waals surface area contributed by atoms with E-state index in [4.69, 9.17) is 9.47 Å². The van der Waals surface area contributed by atoms with Crippen LogP contribution in [0.25, 0.3) is 5.57 Å². The molecule has 0 N–H and O–H groups in total. The molecule has 0 saturated heterocycles. The lowest BCUT2D eigenvalue weighted by molar-refractivity contribution is -0.142. The van der Waals surface area contributed by atoms with Crippen molar-refractivity contribution in [2.75, 3.05) is 6.61 Å². The van der Waals surface area contributed by atoms with Crippen LogP contribution in [-0.4, -0.2) is 18.5 Å². The molecular formula is C14H14O4. The van der Waals surface area contributed by atoms with Crippen LogP contribution in [0.3, 0.4) is 0 Å². The number of esters is 2. The Bertz CT molecular complexity index is 511. The predicted octanol–water partition coefficient (Wildman–Crippen LogP) is 2.08. The maximum Gasteiger partial charge on any atom is 0.334 e. The lowest BCUT2D eigenvalue weighted by Gasteiger charge is -2.05. The molecule has 0 radical (unpaired) electrons. The van der Waals surface area contributed by atoms with E-state index < -0.39 is 0 Å². The van der Waals surface area contributed by atoms with Crippen LogP contribution in [0, 0.1) is 0 Å². The van der Waals surface area contributed by atoms with E-state index in [0.717, 1.165) is 16.7 Å². The number of hydrogen-bond donors (Lipinski definition) is 0. The number of rotatable bonds is 3. The minimum Gasteiger partial charge on any atom is -0.461 e. The van der Waals surface area contributed by atoms with Gasteiger partial charge in [0.1, 0.15) is 13.2 Å². The van der Waals surface area contributed by atoms with Gasteiger partial charge in [0.2, 0.25) is 0 Å². The van der Waals surface area contributed by atoms with E-state index in [1.54, 1.807) is 6.92 Å². The quantitative estimate of drug-likeness (QED) is 0.766. The van der Waals surface area contributed by atoms with Crippen molar-refractivity contribution in [3.63, 3.8) is 0 Å². The monoisotopic (exact) mass is 246 g/mol. The highest BCUT2D eigenvalue weighted by Gasteiger charge is 2.21. The summed E-state index contributed by atoms with van der Waals surface area (Å²) in [5.41, 5.74) is 3.45. The first-order valence-electron chi connectivity index (χ1n) is 5.67. The average molecular weight is 246 g/mol. The molecule has 1 aromatic carbocycles. The highest BCUT2D eigenvalue weighted by atomic mass is 16.5. The van der Waals surface area contributed by atoms with Gasteiger partial charge in [-0.1, -0.05) is 24.3 Å². The summed E-state index contributed by atoms with van der Waals surface area (Å²) in [5, 5.41) is 0. The van der Waals surface area contributed by atoms with Crippen LogP contribution in [0.5, 0.6) is 0 Å². The summed E-state index contributed by atoms with van der Waals surface area (Å²) in [6.45, 7) is 3.73. The molecule has 0 spiro atoms. The molecule has 0 bridgehead atoms. The third kappa shape index (κ3) is 2.59. The fourth-order valence-corrected chi connectivity index (χ4v) is 1.76. The van der Waals surface area contributed by atoms with Crippen LogP contribution in [0.2, 0.25) is 0 Å². The van der Waals surface area contributed by atoms with E-state index in [2.05, 4.69) is 0 Å². The Hall–Kier alpha value is -2.10. The predicted molar refractivity (Wildman–Crippen MR) is 65.5 cm³/mol. The normalized spacial score (nSPS) is 14.7. The van der Waals surface area contributed by atoms with E-state index in [-0.39, 0.29) is 18.5 Å². The zero-order chi connectivity index (χ0) is 13.1. The standard InChI is InChI=1S/C14H14O4/c1-9-13(8-18-14(9)16)12-5-3-11(4-6-12)7-17-10(2)15/h3-6H,7-8H2,1-2H3. The molecule has 0 fully saturated rings. The van der Waals surface area contributed by atoms with Crippen LogP contribution in [-0.2, 0) is 25.7 Å². The van der Waals surface area contributed by atoms with Crippen molar-refractivity contribution < 1.29 is 19.1 Å². The molecule has 0 aliphatic carbocycles. The first-order valence-corrected chi connectivity index (χ1v) is 5.67. The smallest absolute Gasteiger partial charge is 0.334 e. The van der Waals surface area contributed by atoms with Gasteiger partial charge in [0.05, 0.1) is 0 Å². The van der Waals surface area contributed by atoms with E-state index in [9.17, 15) is 9.59 Å². The number of ether oxygens (including phenoxy) is 2. The summed E-state index contributed by atoms with van der Waals surface area (Å²) in [5.74, 6) is -0.554. The summed E-state index contributed by atoms with van der Waals surface area (Å²) >= 11 is 0. The van der Waals surface area contributed by atoms with E-state index in [0.29, 0.717) is 12.2 Å². The summed E-state index contributed by atoms with van der Waals surface area (Å²) < 4.78 is 9.86. The Labute approximate surface area is 105 Å².